The molecular formula is C31H38F3N7O5. The first-order chi connectivity index (χ1) is 21.9. The molecule has 12 nitrogen and oxygen atoms in total. The van der Waals surface area contributed by atoms with Crippen LogP contribution in [-0.4, -0.2) is 81.9 Å². The first-order valence-electron chi connectivity index (χ1n) is 15.2. The molecule has 2 aromatic heterocycles. The Morgan fingerprint density at radius 2 is 1.80 bits per heavy atom. The Kier molecular flexibility index (Phi) is 10.1. The number of alkyl halides is 3. The van der Waals surface area contributed by atoms with E-state index in [1.807, 2.05) is 17.3 Å². The summed E-state index contributed by atoms with van der Waals surface area (Å²) in [6.07, 6.45) is 0.623. The van der Waals surface area contributed by atoms with Crippen LogP contribution in [0.4, 0.5) is 24.8 Å². The number of aliphatic hydroxyl groups is 1. The minimum absolute atomic E-state index is 0.143. The van der Waals surface area contributed by atoms with Gasteiger partial charge in [-0.25, -0.2) is 14.6 Å². The van der Waals surface area contributed by atoms with Gasteiger partial charge in [-0.3, -0.25) is 9.59 Å². The lowest BCUT2D eigenvalue weighted by Gasteiger charge is -2.36. The quantitative estimate of drug-likeness (QED) is 0.269. The van der Waals surface area contributed by atoms with Gasteiger partial charge in [-0.15, -0.1) is 0 Å². The number of piperidine rings is 1. The maximum absolute atomic E-state index is 14.0. The number of nitrogens with zero attached hydrogens (tertiary/aromatic N) is 5. The van der Waals surface area contributed by atoms with E-state index in [-0.39, 0.29) is 19.7 Å². The lowest BCUT2D eigenvalue weighted by molar-refractivity contribution is -0.138. The molecule has 3 aromatic rings. The number of β-amino-alcohol motifs (C(OH)–C–C–N with tert-alkyl or cyclic N) is 1. The van der Waals surface area contributed by atoms with Gasteiger partial charge in [0.2, 0.25) is 11.9 Å². The van der Waals surface area contributed by atoms with Gasteiger partial charge < -0.3 is 30.1 Å². The van der Waals surface area contributed by atoms with Crippen molar-refractivity contribution in [2.45, 2.75) is 76.0 Å². The number of halogens is 3. The second-order valence-electron chi connectivity index (χ2n) is 11.8. The van der Waals surface area contributed by atoms with Crippen LogP contribution in [0.2, 0.25) is 0 Å². The van der Waals surface area contributed by atoms with Gasteiger partial charge in [0.15, 0.2) is 0 Å². The highest BCUT2D eigenvalue weighted by Gasteiger charge is 2.39. The third-order valence-corrected chi connectivity index (χ3v) is 8.09. The Bertz CT molecular complexity index is 1550. The molecule has 1 amide bonds. The SMILES string of the molecule is COc1ccc(Cn2ncc(N[C@@H](C)COC(C)C(=O)N[C@@H]3CCN(c4ncc(C5CC5)cn4)C[C@H]3O)c(C(F)(F)F)c2=O)cc1. The van der Waals surface area contributed by atoms with E-state index < -0.39 is 53.2 Å². The van der Waals surface area contributed by atoms with Gasteiger partial charge in [-0.2, -0.15) is 18.3 Å². The summed E-state index contributed by atoms with van der Waals surface area (Å²) < 4.78 is 53.5. The average Bonchev–Trinajstić information content (AvgIpc) is 3.88. The predicted molar refractivity (Wildman–Crippen MR) is 163 cm³/mol. The van der Waals surface area contributed by atoms with Crippen LogP contribution in [0.25, 0.3) is 0 Å². The van der Waals surface area contributed by atoms with Crippen molar-refractivity contribution >= 4 is 17.5 Å². The van der Waals surface area contributed by atoms with Crippen LogP contribution in [0.5, 0.6) is 5.75 Å². The number of benzene rings is 1. The standard InChI is InChI=1S/C31H38F3N7O5/c1-18(38-25-14-37-41(29(44)27(25)31(32,33)34)15-20-4-8-23(45-3)9-5-20)17-46-19(2)28(43)39-24-10-11-40(16-26(24)42)30-35-12-22(13-36-30)21-6-7-21/h4-5,8-9,12-14,18-19,21,24,26,38,42H,6-7,10-11,15-17H2,1-3H3,(H,39,43)/t18-,19?,24+,26+/m0/s1. The van der Waals surface area contributed by atoms with Crippen molar-refractivity contribution in [2.24, 2.45) is 0 Å². The Morgan fingerprint density at radius 3 is 2.41 bits per heavy atom. The molecule has 1 saturated heterocycles. The summed E-state index contributed by atoms with van der Waals surface area (Å²) in [6, 6.07) is 5.32. The van der Waals surface area contributed by atoms with Crippen LogP contribution >= 0.6 is 0 Å². The van der Waals surface area contributed by atoms with Gasteiger partial charge in [-0.1, -0.05) is 12.1 Å². The zero-order valence-corrected chi connectivity index (χ0v) is 25.8. The van der Waals surface area contributed by atoms with E-state index in [0.717, 1.165) is 29.3 Å². The highest BCUT2D eigenvalue weighted by atomic mass is 19.4. The molecule has 0 radical (unpaired) electrons. The van der Waals surface area contributed by atoms with Crippen molar-refractivity contribution in [1.29, 1.82) is 0 Å². The highest BCUT2D eigenvalue weighted by molar-refractivity contribution is 5.80. The van der Waals surface area contributed by atoms with Crippen molar-refractivity contribution in [3.05, 3.63) is 69.9 Å². The molecule has 1 aliphatic carbocycles. The van der Waals surface area contributed by atoms with Crippen LogP contribution in [0, 0.1) is 0 Å². The van der Waals surface area contributed by atoms with Crippen molar-refractivity contribution in [3.63, 3.8) is 0 Å². The molecule has 46 heavy (non-hydrogen) atoms. The number of aromatic nitrogens is 4. The molecule has 248 valence electrons. The van der Waals surface area contributed by atoms with E-state index in [9.17, 15) is 27.9 Å². The fourth-order valence-electron chi connectivity index (χ4n) is 5.26. The fourth-order valence-corrected chi connectivity index (χ4v) is 5.26. The smallest absolute Gasteiger partial charge is 0.423 e. The number of hydrogen-bond acceptors (Lipinski definition) is 10. The molecular weight excluding hydrogens is 607 g/mol. The summed E-state index contributed by atoms with van der Waals surface area (Å²) in [4.78, 5) is 36.4. The van der Waals surface area contributed by atoms with Crippen LogP contribution < -0.4 is 25.8 Å². The Morgan fingerprint density at radius 1 is 1.11 bits per heavy atom. The second kappa shape index (κ2) is 14.0. The van der Waals surface area contributed by atoms with Crippen LogP contribution in [0.1, 0.15) is 55.7 Å². The van der Waals surface area contributed by atoms with Crippen LogP contribution in [0.15, 0.2) is 47.7 Å². The normalized spacial score (nSPS) is 19.8. The maximum Gasteiger partial charge on any atom is 0.423 e. The monoisotopic (exact) mass is 645 g/mol. The molecule has 0 spiro atoms. The van der Waals surface area contributed by atoms with Crippen LogP contribution in [0.3, 0.4) is 0 Å². The van der Waals surface area contributed by atoms with Crippen molar-refractivity contribution in [3.8, 4) is 5.75 Å². The van der Waals surface area contributed by atoms with Gasteiger partial charge in [0.1, 0.15) is 17.4 Å². The largest absolute Gasteiger partial charge is 0.497 e. The van der Waals surface area contributed by atoms with E-state index in [1.165, 1.54) is 14.0 Å². The summed E-state index contributed by atoms with van der Waals surface area (Å²) in [5.74, 6) is 1.19. The molecule has 2 fully saturated rings. The lowest BCUT2D eigenvalue weighted by atomic mass is 10.0. The van der Waals surface area contributed by atoms with Gasteiger partial charge in [-0.05, 0) is 62.3 Å². The van der Waals surface area contributed by atoms with E-state index >= 15 is 0 Å². The summed E-state index contributed by atoms with van der Waals surface area (Å²) in [7, 11) is 1.49. The number of carbonyl (C=O) groups excluding carboxylic acids is 1. The number of carbonyl (C=O) groups is 1. The van der Waals surface area contributed by atoms with E-state index in [4.69, 9.17) is 9.47 Å². The fraction of sp³-hybridized carbons (Fsp3) is 0.516. The molecule has 0 bridgehead atoms. The molecule has 1 unspecified atom stereocenters. The zero-order valence-electron chi connectivity index (χ0n) is 25.8. The highest BCUT2D eigenvalue weighted by Crippen LogP contribution is 2.39. The van der Waals surface area contributed by atoms with E-state index in [1.54, 1.807) is 31.2 Å². The van der Waals surface area contributed by atoms with Gasteiger partial charge >= 0.3 is 6.18 Å². The summed E-state index contributed by atoms with van der Waals surface area (Å²) in [5.41, 5.74) is -1.46. The number of hydrogen-bond donors (Lipinski definition) is 3. The number of anilines is 2. The number of aliphatic hydroxyl groups excluding tert-OH is 1. The number of nitrogens with one attached hydrogen (secondary N) is 2. The summed E-state index contributed by atoms with van der Waals surface area (Å²) in [5, 5.41) is 20.1. The van der Waals surface area contributed by atoms with Crippen molar-refractivity contribution < 1.29 is 32.5 Å². The summed E-state index contributed by atoms with van der Waals surface area (Å²) in [6.45, 7) is 3.56. The van der Waals surface area contributed by atoms with Crippen molar-refractivity contribution in [2.75, 3.05) is 37.0 Å². The Hall–Kier alpha value is -4.24. The molecule has 1 saturated carbocycles. The second-order valence-corrected chi connectivity index (χ2v) is 11.8. The molecule has 2 aliphatic rings. The van der Waals surface area contributed by atoms with E-state index in [0.29, 0.717) is 36.1 Å². The number of amides is 1. The minimum Gasteiger partial charge on any atom is -0.497 e. The Labute approximate surface area is 263 Å². The van der Waals surface area contributed by atoms with Gasteiger partial charge in [0, 0.05) is 31.5 Å². The number of rotatable bonds is 12. The third-order valence-electron chi connectivity index (χ3n) is 8.09. The third kappa shape index (κ3) is 8.12. The predicted octanol–water partition coefficient (Wildman–Crippen LogP) is 2.95. The maximum atomic E-state index is 14.0. The molecule has 1 aromatic carbocycles. The van der Waals surface area contributed by atoms with E-state index in [2.05, 4.69) is 25.7 Å². The molecule has 15 heteroatoms. The molecule has 3 heterocycles. The topological polar surface area (TPSA) is 144 Å². The molecule has 5 rings (SSSR count). The van der Waals surface area contributed by atoms with Gasteiger partial charge in [0.05, 0.1) is 44.3 Å². The molecule has 3 N–H and O–H groups in total. The molecule has 4 atom stereocenters. The zero-order chi connectivity index (χ0) is 33.0. The Balaban J connectivity index is 1.12. The first-order valence-corrected chi connectivity index (χ1v) is 15.2. The lowest BCUT2D eigenvalue weighted by Crippen LogP contribution is -2.56. The van der Waals surface area contributed by atoms with Crippen LogP contribution in [-0.2, 0) is 22.3 Å². The number of methoxy groups -OCH3 is 1. The number of ether oxygens (including phenoxy) is 2. The summed E-state index contributed by atoms with van der Waals surface area (Å²) >= 11 is 0. The average molecular weight is 646 g/mol. The molecule has 1 aliphatic heterocycles. The first kappa shape index (κ1) is 33.1. The van der Waals surface area contributed by atoms with Gasteiger partial charge in [0.25, 0.3) is 5.56 Å². The van der Waals surface area contributed by atoms with Crippen molar-refractivity contribution in [1.82, 2.24) is 25.1 Å². The minimum atomic E-state index is -4.94.